The molecule has 0 spiro atoms. The summed E-state index contributed by atoms with van der Waals surface area (Å²) in [5.41, 5.74) is 3.37. The van der Waals surface area contributed by atoms with E-state index in [1.165, 1.54) is 12.8 Å². The smallest absolute Gasteiger partial charge is 0.0125 e. The van der Waals surface area contributed by atoms with Crippen molar-refractivity contribution in [2.75, 3.05) is 0 Å². The molecule has 2 aromatic rings. The van der Waals surface area contributed by atoms with Gasteiger partial charge in [-0.1, -0.05) is 74.5 Å². The van der Waals surface area contributed by atoms with Crippen LogP contribution in [-0.4, -0.2) is 0 Å². The minimum atomic E-state index is 0.789. The highest BCUT2D eigenvalue weighted by molar-refractivity contribution is 5.30. The quantitative estimate of drug-likeness (QED) is 0.382. The van der Waals surface area contributed by atoms with Crippen molar-refractivity contribution in [1.82, 2.24) is 0 Å². The van der Waals surface area contributed by atoms with Crippen LogP contribution in [0.25, 0.3) is 0 Å². The van der Waals surface area contributed by atoms with Crippen LogP contribution in [0.3, 0.4) is 0 Å². The van der Waals surface area contributed by atoms with E-state index in [9.17, 15) is 0 Å². The van der Waals surface area contributed by atoms with Crippen LogP contribution in [0, 0.1) is 82.9 Å². The van der Waals surface area contributed by atoms with Gasteiger partial charge in [0.2, 0.25) is 0 Å². The highest BCUT2D eigenvalue weighted by Gasteiger charge is 2.68. The van der Waals surface area contributed by atoms with Gasteiger partial charge in [0, 0.05) is 0 Å². The van der Waals surface area contributed by atoms with Crippen molar-refractivity contribution >= 4 is 0 Å². The Bertz CT molecular complexity index is 1080. The van der Waals surface area contributed by atoms with Crippen LogP contribution in [-0.2, 0) is 0 Å². The van der Waals surface area contributed by atoms with E-state index in [1.54, 1.807) is 49.7 Å². The second-order valence-corrected chi connectivity index (χ2v) is 15.6. The summed E-state index contributed by atoms with van der Waals surface area (Å²) >= 11 is 0. The molecule has 12 atom stereocenters. The molecule has 0 nitrogen and oxygen atoms in total. The lowest BCUT2D eigenvalue weighted by Crippen LogP contribution is -2.61. The molecule has 0 amide bonds. The third kappa shape index (κ3) is 2.99. The summed E-state index contributed by atoms with van der Waals surface area (Å²) in [6, 6.07) is 23.9. The zero-order chi connectivity index (χ0) is 25.1. The van der Waals surface area contributed by atoms with Crippen molar-refractivity contribution in [3.05, 3.63) is 71.8 Å². The van der Waals surface area contributed by atoms with Gasteiger partial charge in [0.25, 0.3) is 0 Å². The van der Waals surface area contributed by atoms with Gasteiger partial charge in [-0.3, -0.25) is 0 Å². The Morgan fingerprint density at radius 1 is 0.421 bits per heavy atom. The molecule has 0 heterocycles. The first-order chi connectivity index (χ1) is 18.7. The second kappa shape index (κ2) is 8.47. The summed E-state index contributed by atoms with van der Waals surface area (Å²) in [5.74, 6) is 15.5. The van der Waals surface area contributed by atoms with Gasteiger partial charge in [0.05, 0.1) is 0 Å². The number of hydrogen-bond donors (Lipinski definition) is 0. The lowest BCUT2D eigenvalue weighted by atomic mass is 9.38. The predicted octanol–water partition coefficient (Wildman–Crippen LogP) is 9.44. The molecule has 7 saturated carbocycles. The zero-order valence-corrected chi connectivity index (χ0v) is 23.7. The SMILES string of the molecule is CC1C(C)C2C(c3ccccc3)CC3C4CCC5CCC6CCC(C7CC(c8ccccc8)C1C2C73)C4C65. The lowest BCUT2D eigenvalue weighted by Gasteiger charge is -2.67. The van der Waals surface area contributed by atoms with Crippen LogP contribution in [0.15, 0.2) is 60.7 Å². The molecule has 200 valence electrons. The number of hydrogen-bond acceptors (Lipinski definition) is 0. The molecule has 7 aliphatic carbocycles. The molecule has 38 heavy (non-hydrogen) atoms. The maximum Gasteiger partial charge on any atom is -0.0125 e. The van der Waals surface area contributed by atoms with Gasteiger partial charge in [-0.25, -0.2) is 0 Å². The minimum absolute atomic E-state index is 0.789. The molecule has 0 radical (unpaired) electrons. The van der Waals surface area contributed by atoms with E-state index in [0.29, 0.717) is 0 Å². The zero-order valence-electron chi connectivity index (χ0n) is 23.7. The Labute approximate surface area is 231 Å². The van der Waals surface area contributed by atoms with E-state index < -0.39 is 0 Å². The van der Waals surface area contributed by atoms with Crippen LogP contribution in [0.2, 0.25) is 0 Å². The molecule has 0 bridgehead atoms. The molecular weight excluding hydrogens is 456 g/mol. The molecular formula is C38H48. The fraction of sp³-hybridized carbons (Fsp3) is 0.684. The molecule has 0 saturated heterocycles. The van der Waals surface area contributed by atoms with Crippen molar-refractivity contribution in [3.63, 3.8) is 0 Å². The molecule has 0 N–H and O–H groups in total. The molecule has 7 aliphatic rings. The van der Waals surface area contributed by atoms with Crippen molar-refractivity contribution in [1.29, 1.82) is 0 Å². The largest absolute Gasteiger partial charge is 0.0622 e. The molecule has 9 rings (SSSR count). The summed E-state index contributed by atoms with van der Waals surface area (Å²) in [7, 11) is 0. The summed E-state index contributed by atoms with van der Waals surface area (Å²) in [4.78, 5) is 0. The van der Waals surface area contributed by atoms with Crippen LogP contribution < -0.4 is 0 Å². The van der Waals surface area contributed by atoms with Crippen molar-refractivity contribution in [3.8, 4) is 0 Å². The maximum absolute atomic E-state index is 2.68. The molecule has 2 aromatic carbocycles. The van der Waals surface area contributed by atoms with E-state index >= 15 is 0 Å². The normalized spacial score (nSPS) is 53.7. The average molecular weight is 505 g/mol. The molecule has 0 aromatic heterocycles. The van der Waals surface area contributed by atoms with E-state index in [-0.39, 0.29) is 0 Å². The molecule has 7 fully saturated rings. The highest BCUT2D eigenvalue weighted by atomic mass is 14.7. The minimum Gasteiger partial charge on any atom is -0.0622 e. The summed E-state index contributed by atoms with van der Waals surface area (Å²) in [6.45, 7) is 5.36. The van der Waals surface area contributed by atoms with Crippen molar-refractivity contribution in [2.45, 2.75) is 77.0 Å². The third-order valence-corrected chi connectivity index (χ3v) is 15.1. The van der Waals surface area contributed by atoms with Crippen molar-refractivity contribution in [2.24, 2.45) is 82.9 Å². The van der Waals surface area contributed by atoms with E-state index in [1.807, 2.05) is 0 Å². The van der Waals surface area contributed by atoms with Crippen molar-refractivity contribution < 1.29 is 0 Å². The highest BCUT2D eigenvalue weighted by Crippen LogP contribution is 2.75. The second-order valence-electron chi connectivity index (χ2n) is 15.6. The first-order valence-electron chi connectivity index (χ1n) is 16.8. The fourth-order valence-corrected chi connectivity index (χ4v) is 14.2. The molecule has 0 aliphatic heterocycles. The van der Waals surface area contributed by atoms with Gasteiger partial charge in [-0.05, 0) is 157 Å². The number of rotatable bonds is 2. The Morgan fingerprint density at radius 3 is 1.32 bits per heavy atom. The summed E-state index contributed by atoms with van der Waals surface area (Å²) in [5, 5.41) is 0. The Morgan fingerprint density at radius 2 is 0.842 bits per heavy atom. The standard InChI is InChI=1S/C38H48/c1-21-22(2)34-30(24-11-7-4-8-12-24)20-32-28-18-16-26-14-13-25-15-17-27(36(28)35(25)26)31-19-29(23-9-5-3-6-10-23)33(21)38(34)37(31)32/h3-12,21-22,25-38H,13-20H2,1-2H3. The van der Waals surface area contributed by atoms with Gasteiger partial charge >= 0.3 is 0 Å². The van der Waals surface area contributed by atoms with Gasteiger partial charge in [-0.2, -0.15) is 0 Å². The summed E-state index contributed by atoms with van der Waals surface area (Å²) in [6.07, 6.45) is 12.5. The Hall–Kier alpha value is -1.56. The van der Waals surface area contributed by atoms with Gasteiger partial charge in [0.15, 0.2) is 0 Å². The molecule has 12 unspecified atom stereocenters. The predicted molar refractivity (Wildman–Crippen MR) is 156 cm³/mol. The third-order valence-electron chi connectivity index (χ3n) is 15.1. The summed E-state index contributed by atoms with van der Waals surface area (Å²) < 4.78 is 0. The maximum atomic E-state index is 2.68. The fourth-order valence-electron chi connectivity index (χ4n) is 14.2. The lowest BCUT2D eigenvalue weighted by molar-refractivity contribution is -0.176. The van der Waals surface area contributed by atoms with Gasteiger partial charge in [-0.15, -0.1) is 0 Å². The van der Waals surface area contributed by atoms with Gasteiger partial charge < -0.3 is 0 Å². The topological polar surface area (TPSA) is 0 Å². The first kappa shape index (κ1) is 23.2. The number of benzene rings is 2. The van der Waals surface area contributed by atoms with Gasteiger partial charge in [0.1, 0.15) is 0 Å². The van der Waals surface area contributed by atoms with E-state index in [0.717, 1.165) is 94.7 Å². The average Bonchev–Trinajstić information content (AvgIpc) is 3.52. The Balaban J connectivity index is 1.21. The number of fused-ring (bicyclic) bond motifs is 2. The van der Waals surface area contributed by atoms with Crippen LogP contribution >= 0.6 is 0 Å². The van der Waals surface area contributed by atoms with E-state index in [2.05, 4.69) is 74.5 Å². The van der Waals surface area contributed by atoms with Crippen LogP contribution in [0.4, 0.5) is 0 Å². The monoisotopic (exact) mass is 504 g/mol. The molecule has 0 heteroatoms. The van der Waals surface area contributed by atoms with Crippen LogP contribution in [0.5, 0.6) is 0 Å². The van der Waals surface area contributed by atoms with E-state index in [4.69, 9.17) is 0 Å². The Kier molecular flexibility index (Phi) is 5.17. The first-order valence-corrected chi connectivity index (χ1v) is 16.8. The van der Waals surface area contributed by atoms with Crippen LogP contribution in [0.1, 0.15) is 88.2 Å².